The third kappa shape index (κ3) is 7.84. The number of unbranched alkanes of at least 4 members (excludes halogenated alkanes) is 6. The first-order valence-corrected chi connectivity index (χ1v) is 8.44. The van der Waals surface area contributed by atoms with Gasteiger partial charge in [0.2, 0.25) is 0 Å². The molecule has 19 heavy (non-hydrogen) atoms. The van der Waals surface area contributed by atoms with Gasteiger partial charge in [0.25, 0.3) is 0 Å². The highest BCUT2D eigenvalue weighted by atomic mass is 35.5. The van der Waals surface area contributed by atoms with Gasteiger partial charge >= 0.3 is 0 Å². The minimum atomic E-state index is 0.824. The van der Waals surface area contributed by atoms with Gasteiger partial charge < -0.3 is 9.80 Å². The van der Waals surface area contributed by atoms with Crippen molar-refractivity contribution in [3.63, 3.8) is 0 Å². The van der Waals surface area contributed by atoms with Gasteiger partial charge in [0, 0.05) is 37.8 Å². The molecule has 0 spiro atoms. The molecule has 0 aromatic carbocycles. The number of piperazine rings is 1. The SMILES string of the molecule is C=C(CCCCCCCCCCl)N1CCN(C)CC1. The molecule has 0 unspecified atom stereocenters. The molecule has 0 amide bonds. The summed E-state index contributed by atoms with van der Waals surface area (Å²) in [6, 6.07) is 0. The second-order valence-electron chi connectivity index (χ2n) is 5.77. The van der Waals surface area contributed by atoms with E-state index in [9.17, 15) is 0 Å². The van der Waals surface area contributed by atoms with E-state index in [0.717, 1.165) is 19.0 Å². The van der Waals surface area contributed by atoms with Crippen LogP contribution in [0.4, 0.5) is 0 Å². The summed E-state index contributed by atoms with van der Waals surface area (Å²) >= 11 is 5.66. The lowest BCUT2D eigenvalue weighted by Crippen LogP contribution is -2.43. The van der Waals surface area contributed by atoms with Crippen molar-refractivity contribution in [1.29, 1.82) is 0 Å². The molecule has 0 aromatic rings. The number of likely N-dealkylation sites (N-methyl/N-ethyl adjacent to an activating group) is 1. The van der Waals surface area contributed by atoms with Crippen LogP contribution in [0.3, 0.4) is 0 Å². The largest absolute Gasteiger partial charge is 0.373 e. The molecule has 0 aliphatic carbocycles. The Kier molecular flexibility index (Phi) is 9.36. The Hall–Kier alpha value is -0.210. The first-order valence-electron chi connectivity index (χ1n) is 7.91. The van der Waals surface area contributed by atoms with Crippen LogP contribution in [0.2, 0.25) is 0 Å². The topological polar surface area (TPSA) is 6.48 Å². The van der Waals surface area contributed by atoms with Crippen molar-refractivity contribution in [3.8, 4) is 0 Å². The van der Waals surface area contributed by atoms with E-state index in [2.05, 4.69) is 23.4 Å². The van der Waals surface area contributed by atoms with E-state index in [1.54, 1.807) is 0 Å². The monoisotopic (exact) mass is 286 g/mol. The third-order valence-electron chi connectivity index (χ3n) is 4.05. The van der Waals surface area contributed by atoms with Crippen molar-refractivity contribution in [2.45, 2.75) is 51.4 Å². The van der Waals surface area contributed by atoms with Crippen LogP contribution in [0.5, 0.6) is 0 Å². The molecule has 1 rings (SSSR count). The fraction of sp³-hybridized carbons (Fsp3) is 0.875. The molecule has 112 valence electrons. The molecule has 3 heteroatoms. The van der Waals surface area contributed by atoms with E-state index in [0.29, 0.717) is 0 Å². The second-order valence-corrected chi connectivity index (χ2v) is 6.15. The number of hydrogen-bond acceptors (Lipinski definition) is 2. The number of halogens is 1. The van der Waals surface area contributed by atoms with Crippen LogP contribution in [0, 0.1) is 0 Å². The summed E-state index contributed by atoms with van der Waals surface area (Å²) in [6.45, 7) is 8.94. The van der Waals surface area contributed by atoms with Gasteiger partial charge in [-0.15, -0.1) is 11.6 Å². The predicted octanol–water partition coefficient (Wildman–Crippen LogP) is 4.11. The quantitative estimate of drug-likeness (QED) is 0.440. The zero-order valence-electron chi connectivity index (χ0n) is 12.7. The molecular formula is C16H31ClN2. The van der Waals surface area contributed by atoms with Crippen LogP contribution in [0.15, 0.2) is 12.3 Å². The van der Waals surface area contributed by atoms with Gasteiger partial charge in [-0.2, -0.15) is 0 Å². The van der Waals surface area contributed by atoms with Crippen molar-refractivity contribution in [2.24, 2.45) is 0 Å². The molecule has 1 aliphatic heterocycles. The molecule has 1 fully saturated rings. The van der Waals surface area contributed by atoms with Crippen molar-refractivity contribution in [2.75, 3.05) is 39.1 Å². The van der Waals surface area contributed by atoms with Crippen molar-refractivity contribution in [1.82, 2.24) is 9.80 Å². The first-order chi connectivity index (χ1) is 9.24. The van der Waals surface area contributed by atoms with E-state index in [1.807, 2.05) is 0 Å². The number of alkyl halides is 1. The lowest BCUT2D eigenvalue weighted by Gasteiger charge is -2.35. The van der Waals surface area contributed by atoms with E-state index >= 15 is 0 Å². The summed E-state index contributed by atoms with van der Waals surface area (Å²) in [7, 11) is 2.20. The fourth-order valence-corrected chi connectivity index (χ4v) is 2.78. The summed E-state index contributed by atoms with van der Waals surface area (Å²) in [5, 5.41) is 0. The second kappa shape index (κ2) is 10.6. The Morgan fingerprint density at radius 1 is 0.895 bits per heavy atom. The van der Waals surface area contributed by atoms with Crippen molar-refractivity contribution >= 4 is 11.6 Å². The van der Waals surface area contributed by atoms with Crippen LogP contribution in [-0.2, 0) is 0 Å². The smallest absolute Gasteiger partial charge is 0.0303 e. The Labute approximate surface area is 124 Å². The number of nitrogens with zero attached hydrogens (tertiary/aromatic N) is 2. The lowest BCUT2D eigenvalue weighted by atomic mass is 10.1. The van der Waals surface area contributed by atoms with Gasteiger partial charge in [-0.25, -0.2) is 0 Å². The summed E-state index contributed by atoms with van der Waals surface area (Å²) in [5.74, 6) is 0.824. The summed E-state index contributed by atoms with van der Waals surface area (Å²) in [6.07, 6.45) is 10.4. The minimum Gasteiger partial charge on any atom is -0.373 e. The Morgan fingerprint density at radius 2 is 1.42 bits per heavy atom. The first kappa shape index (κ1) is 16.8. The summed E-state index contributed by atoms with van der Waals surface area (Å²) in [4.78, 5) is 4.87. The Balaban J connectivity index is 1.93. The van der Waals surface area contributed by atoms with E-state index in [4.69, 9.17) is 11.6 Å². The number of hydrogen-bond donors (Lipinski definition) is 0. The van der Waals surface area contributed by atoms with Gasteiger partial charge in [-0.3, -0.25) is 0 Å². The molecule has 0 aromatic heterocycles. The molecule has 0 bridgehead atoms. The van der Waals surface area contributed by atoms with Crippen molar-refractivity contribution < 1.29 is 0 Å². The highest BCUT2D eigenvalue weighted by Crippen LogP contribution is 2.15. The van der Waals surface area contributed by atoms with Crippen LogP contribution in [0.1, 0.15) is 51.4 Å². The molecule has 0 radical (unpaired) electrons. The van der Waals surface area contributed by atoms with Gasteiger partial charge in [-0.1, -0.05) is 38.7 Å². The Bertz CT molecular complexity index is 235. The number of rotatable bonds is 10. The molecule has 0 N–H and O–H groups in total. The minimum absolute atomic E-state index is 0.824. The third-order valence-corrected chi connectivity index (χ3v) is 4.32. The molecule has 1 heterocycles. The Morgan fingerprint density at radius 3 is 2.00 bits per heavy atom. The average molecular weight is 287 g/mol. The molecular weight excluding hydrogens is 256 g/mol. The zero-order valence-corrected chi connectivity index (χ0v) is 13.4. The van der Waals surface area contributed by atoms with Crippen LogP contribution in [0.25, 0.3) is 0 Å². The van der Waals surface area contributed by atoms with Crippen molar-refractivity contribution in [3.05, 3.63) is 12.3 Å². The summed E-state index contributed by atoms with van der Waals surface area (Å²) < 4.78 is 0. The maximum atomic E-state index is 5.66. The van der Waals surface area contributed by atoms with Gasteiger partial charge in [0.1, 0.15) is 0 Å². The highest BCUT2D eigenvalue weighted by Gasteiger charge is 2.14. The van der Waals surface area contributed by atoms with Gasteiger partial charge in [0.15, 0.2) is 0 Å². The van der Waals surface area contributed by atoms with E-state index < -0.39 is 0 Å². The standard InChI is InChI=1S/C16H31ClN2/c1-16(19-14-12-18(2)13-15-19)10-8-6-4-3-5-7-9-11-17/h1,3-15H2,2H3. The number of allylic oxidation sites excluding steroid dienone is 1. The molecule has 0 atom stereocenters. The maximum absolute atomic E-state index is 5.66. The van der Waals surface area contributed by atoms with Gasteiger partial charge in [0.05, 0.1) is 0 Å². The van der Waals surface area contributed by atoms with E-state index in [1.165, 1.54) is 70.2 Å². The average Bonchev–Trinajstić information content (AvgIpc) is 2.42. The van der Waals surface area contributed by atoms with E-state index in [-0.39, 0.29) is 0 Å². The molecule has 2 nitrogen and oxygen atoms in total. The molecule has 0 saturated carbocycles. The molecule has 1 aliphatic rings. The van der Waals surface area contributed by atoms with Crippen LogP contribution >= 0.6 is 11.6 Å². The molecule has 1 saturated heterocycles. The lowest BCUT2D eigenvalue weighted by molar-refractivity contribution is 0.182. The van der Waals surface area contributed by atoms with Crippen LogP contribution < -0.4 is 0 Å². The zero-order chi connectivity index (χ0) is 13.9. The van der Waals surface area contributed by atoms with Crippen LogP contribution in [-0.4, -0.2) is 48.9 Å². The summed E-state index contributed by atoms with van der Waals surface area (Å²) in [5.41, 5.74) is 1.36. The normalized spacial score (nSPS) is 16.8. The highest BCUT2D eigenvalue weighted by molar-refractivity contribution is 6.17. The maximum Gasteiger partial charge on any atom is 0.0303 e. The van der Waals surface area contributed by atoms with Gasteiger partial charge in [-0.05, 0) is 26.3 Å². The predicted molar refractivity (Wildman–Crippen MR) is 85.9 cm³/mol. The fourth-order valence-electron chi connectivity index (χ4n) is 2.59.